The molecular weight excluding hydrogens is 266 g/mol. The molecule has 21 heavy (non-hydrogen) atoms. The fourth-order valence-electron chi connectivity index (χ4n) is 2.18. The molecule has 1 aromatic heterocycles. The van der Waals surface area contributed by atoms with E-state index in [1.807, 2.05) is 19.1 Å². The lowest BCUT2D eigenvalue weighted by atomic mass is 10.0. The summed E-state index contributed by atoms with van der Waals surface area (Å²) < 4.78 is 10.7. The van der Waals surface area contributed by atoms with Gasteiger partial charge in [-0.25, -0.2) is 0 Å². The fourth-order valence-corrected chi connectivity index (χ4v) is 2.18. The van der Waals surface area contributed by atoms with Gasteiger partial charge in [-0.15, -0.1) is 0 Å². The van der Waals surface area contributed by atoms with E-state index in [4.69, 9.17) is 9.26 Å². The molecule has 1 atom stereocenters. The van der Waals surface area contributed by atoms with Crippen LogP contribution in [-0.2, 0) is 13.0 Å². The average Bonchev–Trinajstić information content (AvgIpc) is 2.99. The van der Waals surface area contributed by atoms with Crippen LogP contribution in [0.15, 0.2) is 28.8 Å². The fraction of sp³-hybridized carbons (Fsp3) is 0.500. The van der Waals surface area contributed by atoms with Crippen LogP contribution in [0.2, 0.25) is 0 Å². The molecule has 0 saturated heterocycles. The van der Waals surface area contributed by atoms with E-state index in [9.17, 15) is 0 Å². The predicted octanol–water partition coefficient (Wildman–Crippen LogP) is 3.27. The smallest absolute Gasteiger partial charge is 0.226 e. The van der Waals surface area contributed by atoms with Gasteiger partial charge in [-0.2, -0.15) is 4.98 Å². The van der Waals surface area contributed by atoms with Crippen LogP contribution in [0.4, 0.5) is 0 Å². The van der Waals surface area contributed by atoms with Gasteiger partial charge in [0.15, 0.2) is 6.61 Å². The summed E-state index contributed by atoms with van der Waals surface area (Å²) in [6.45, 7) is 7.57. The summed E-state index contributed by atoms with van der Waals surface area (Å²) in [6.07, 6.45) is 1.81. The third-order valence-electron chi connectivity index (χ3n) is 3.32. The normalized spacial score (nSPS) is 12.3. The minimum Gasteiger partial charge on any atom is -0.485 e. The van der Waals surface area contributed by atoms with Crippen molar-refractivity contribution in [1.82, 2.24) is 15.5 Å². The average molecular weight is 289 g/mol. The first-order valence-electron chi connectivity index (χ1n) is 7.54. The maximum Gasteiger partial charge on any atom is 0.226 e. The summed E-state index contributed by atoms with van der Waals surface area (Å²) in [5.74, 6) is 2.03. The molecule has 2 aromatic rings. The van der Waals surface area contributed by atoms with Crippen LogP contribution in [0.1, 0.15) is 50.5 Å². The summed E-state index contributed by atoms with van der Waals surface area (Å²) in [5.41, 5.74) is 1.28. The third-order valence-corrected chi connectivity index (χ3v) is 3.32. The molecule has 0 saturated carbocycles. The largest absolute Gasteiger partial charge is 0.485 e. The second kappa shape index (κ2) is 7.78. The van der Waals surface area contributed by atoms with Gasteiger partial charge in [0.25, 0.3) is 0 Å². The molecule has 0 radical (unpaired) electrons. The number of hydrogen-bond donors (Lipinski definition) is 1. The van der Waals surface area contributed by atoms with Gasteiger partial charge >= 0.3 is 0 Å². The van der Waals surface area contributed by atoms with Gasteiger partial charge in [-0.1, -0.05) is 38.1 Å². The SMILES string of the molecule is CCNC(CC)c1ccc(OCc2noc(CC)n2)cc1. The van der Waals surface area contributed by atoms with Crippen molar-refractivity contribution in [1.29, 1.82) is 0 Å². The van der Waals surface area contributed by atoms with Crippen molar-refractivity contribution in [3.8, 4) is 5.75 Å². The maximum absolute atomic E-state index is 5.67. The number of aryl methyl sites for hydroxylation is 1. The van der Waals surface area contributed by atoms with Gasteiger partial charge < -0.3 is 14.6 Å². The van der Waals surface area contributed by atoms with E-state index in [0.717, 1.165) is 25.1 Å². The number of hydrogen-bond acceptors (Lipinski definition) is 5. The highest BCUT2D eigenvalue weighted by Crippen LogP contribution is 2.20. The quantitative estimate of drug-likeness (QED) is 0.808. The summed E-state index contributed by atoms with van der Waals surface area (Å²) >= 11 is 0. The molecule has 5 heteroatoms. The minimum atomic E-state index is 0.327. The van der Waals surface area contributed by atoms with E-state index in [0.29, 0.717) is 24.4 Å². The molecule has 0 aliphatic rings. The summed E-state index contributed by atoms with van der Waals surface area (Å²) in [5, 5.41) is 7.33. The topological polar surface area (TPSA) is 60.2 Å². The molecule has 1 aromatic carbocycles. The number of aromatic nitrogens is 2. The monoisotopic (exact) mass is 289 g/mol. The molecule has 0 spiro atoms. The molecule has 0 fully saturated rings. The summed E-state index contributed by atoms with van der Waals surface area (Å²) in [7, 11) is 0. The highest BCUT2D eigenvalue weighted by atomic mass is 16.5. The lowest BCUT2D eigenvalue weighted by Gasteiger charge is -2.16. The second-order valence-corrected chi connectivity index (χ2v) is 4.83. The summed E-state index contributed by atoms with van der Waals surface area (Å²) in [6, 6.07) is 8.56. The molecule has 114 valence electrons. The Morgan fingerprint density at radius 2 is 1.95 bits per heavy atom. The van der Waals surface area contributed by atoms with Crippen molar-refractivity contribution in [2.45, 2.75) is 46.3 Å². The van der Waals surface area contributed by atoms with Crippen LogP contribution in [0, 0.1) is 0 Å². The van der Waals surface area contributed by atoms with Gasteiger partial charge in [0.2, 0.25) is 11.7 Å². The van der Waals surface area contributed by atoms with Crippen molar-refractivity contribution in [2.75, 3.05) is 6.54 Å². The Morgan fingerprint density at radius 3 is 2.52 bits per heavy atom. The molecule has 0 aliphatic heterocycles. The Kier molecular flexibility index (Phi) is 5.75. The van der Waals surface area contributed by atoms with Gasteiger partial charge in [-0.3, -0.25) is 0 Å². The van der Waals surface area contributed by atoms with Gasteiger partial charge in [0, 0.05) is 12.5 Å². The second-order valence-electron chi connectivity index (χ2n) is 4.83. The number of nitrogens with one attached hydrogen (secondary N) is 1. The van der Waals surface area contributed by atoms with Crippen LogP contribution in [0.5, 0.6) is 5.75 Å². The van der Waals surface area contributed by atoms with E-state index in [2.05, 4.69) is 41.4 Å². The number of ether oxygens (including phenoxy) is 1. The Morgan fingerprint density at radius 1 is 1.19 bits per heavy atom. The van der Waals surface area contributed by atoms with Crippen molar-refractivity contribution in [3.63, 3.8) is 0 Å². The standard InChI is InChI=1S/C16H23N3O2/c1-4-14(17-6-3)12-7-9-13(10-8-12)20-11-15-18-16(5-2)21-19-15/h7-10,14,17H,4-6,11H2,1-3H3. The molecular formula is C16H23N3O2. The van der Waals surface area contributed by atoms with Crippen LogP contribution in [0.3, 0.4) is 0 Å². The Labute approximate surface area is 125 Å². The maximum atomic E-state index is 5.67. The number of nitrogens with zero attached hydrogens (tertiary/aromatic N) is 2. The van der Waals surface area contributed by atoms with Crippen molar-refractivity contribution >= 4 is 0 Å². The summed E-state index contributed by atoms with van der Waals surface area (Å²) in [4.78, 5) is 4.21. The van der Waals surface area contributed by atoms with E-state index in [1.54, 1.807) is 0 Å². The first-order valence-corrected chi connectivity index (χ1v) is 7.54. The molecule has 1 unspecified atom stereocenters. The number of benzene rings is 1. The lowest BCUT2D eigenvalue weighted by molar-refractivity contribution is 0.285. The van der Waals surface area contributed by atoms with E-state index >= 15 is 0 Å². The molecule has 1 heterocycles. The highest BCUT2D eigenvalue weighted by Gasteiger charge is 2.08. The molecule has 1 N–H and O–H groups in total. The Bertz CT molecular complexity index is 537. The zero-order valence-electron chi connectivity index (χ0n) is 12.9. The van der Waals surface area contributed by atoms with Crippen molar-refractivity contribution in [2.24, 2.45) is 0 Å². The first-order chi connectivity index (χ1) is 10.3. The van der Waals surface area contributed by atoms with Gasteiger partial charge in [0.1, 0.15) is 5.75 Å². The van der Waals surface area contributed by atoms with Crippen molar-refractivity contribution in [3.05, 3.63) is 41.5 Å². The third kappa shape index (κ3) is 4.29. The molecule has 0 bridgehead atoms. The van der Waals surface area contributed by atoms with E-state index < -0.39 is 0 Å². The zero-order valence-corrected chi connectivity index (χ0v) is 12.9. The van der Waals surface area contributed by atoms with Crippen molar-refractivity contribution < 1.29 is 9.26 Å². The first kappa shape index (κ1) is 15.5. The Balaban J connectivity index is 1.92. The minimum absolute atomic E-state index is 0.327. The van der Waals surface area contributed by atoms with E-state index in [1.165, 1.54) is 5.56 Å². The van der Waals surface area contributed by atoms with Crippen LogP contribution in [0.25, 0.3) is 0 Å². The molecule has 0 aliphatic carbocycles. The lowest BCUT2D eigenvalue weighted by Crippen LogP contribution is -2.19. The van der Waals surface area contributed by atoms with Gasteiger partial charge in [-0.05, 0) is 30.7 Å². The predicted molar refractivity (Wildman–Crippen MR) is 81.2 cm³/mol. The molecule has 0 amide bonds. The molecule has 2 rings (SSSR count). The van der Waals surface area contributed by atoms with Crippen LogP contribution >= 0.6 is 0 Å². The molecule has 5 nitrogen and oxygen atoms in total. The van der Waals surface area contributed by atoms with Crippen LogP contribution in [-0.4, -0.2) is 16.7 Å². The van der Waals surface area contributed by atoms with Crippen LogP contribution < -0.4 is 10.1 Å². The van der Waals surface area contributed by atoms with Gasteiger partial charge in [0.05, 0.1) is 0 Å². The highest BCUT2D eigenvalue weighted by molar-refractivity contribution is 5.29. The number of rotatable bonds is 8. The van der Waals surface area contributed by atoms with E-state index in [-0.39, 0.29) is 0 Å². The zero-order chi connectivity index (χ0) is 15.1. The Hall–Kier alpha value is -1.88.